The van der Waals surface area contributed by atoms with Gasteiger partial charge in [-0.05, 0) is 42.8 Å². The molecule has 4 aromatic rings. The topological polar surface area (TPSA) is 117 Å². The molecule has 0 saturated heterocycles. The van der Waals surface area contributed by atoms with E-state index in [9.17, 15) is 19.8 Å². The van der Waals surface area contributed by atoms with Crippen molar-refractivity contribution in [1.82, 2.24) is 9.66 Å². The van der Waals surface area contributed by atoms with Crippen LogP contribution in [0.5, 0.6) is 11.5 Å². The molecule has 1 amide bonds. The molecule has 11 heteroatoms. The monoisotopic (exact) mass is 498 g/mol. The van der Waals surface area contributed by atoms with E-state index in [2.05, 4.69) is 15.4 Å². The lowest BCUT2D eigenvalue weighted by Crippen LogP contribution is -2.25. The molecule has 0 bridgehead atoms. The molecule has 3 heterocycles. The van der Waals surface area contributed by atoms with E-state index in [4.69, 9.17) is 11.6 Å². The summed E-state index contributed by atoms with van der Waals surface area (Å²) in [5, 5.41) is 28.2. The fourth-order valence-electron chi connectivity index (χ4n) is 3.46. The molecule has 5 rings (SSSR count). The van der Waals surface area contributed by atoms with Gasteiger partial charge in [-0.1, -0.05) is 35.5 Å². The number of nitrogens with zero attached hydrogens (tertiary/aromatic N) is 3. The van der Waals surface area contributed by atoms with Crippen LogP contribution in [0.2, 0.25) is 5.02 Å². The van der Waals surface area contributed by atoms with Gasteiger partial charge in [0, 0.05) is 11.3 Å². The molecule has 0 spiro atoms. The number of aromatic nitrogens is 2. The molecule has 1 aliphatic rings. The Labute approximate surface area is 200 Å². The number of thiophene rings is 1. The highest BCUT2D eigenvalue weighted by Crippen LogP contribution is 2.33. The number of carbonyl (C=O) groups excluding carboxylic acids is 1. The van der Waals surface area contributed by atoms with E-state index >= 15 is 0 Å². The molecule has 0 unspecified atom stereocenters. The van der Waals surface area contributed by atoms with Gasteiger partial charge in [0.05, 0.1) is 26.7 Å². The summed E-state index contributed by atoms with van der Waals surface area (Å²) >= 11 is 8.55. The molecule has 2 aromatic carbocycles. The van der Waals surface area contributed by atoms with Crippen LogP contribution in [0.1, 0.15) is 20.8 Å². The third-order valence-electron chi connectivity index (χ3n) is 5.09. The summed E-state index contributed by atoms with van der Waals surface area (Å²) in [5.74, 6) is -0.111. The van der Waals surface area contributed by atoms with Crippen LogP contribution in [0.4, 0.5) is 5.69 Å². The molecule has 166 valence electrons. The molecule has 0 fully saturated rings. The smallest absolute Gasteiger partial charge is 0.283 e. The third-order valence-corrected chi connectivity index (χ3v) is 7.55. The number of rotatable bonds is 3. The molecule has 0 aliphatic carbocycles. The van der Waals surface area contributed by atoms with Crippen LogP contribution in [0.25, 0.3) is 10.2 Å². The van der Waals surface area contributed by atoms with Gasteiger partial charge in [0.1, 0.15) is 16.3 Å². The van der Waals surface area contributed by atoms with Gasteiger partial charge in [0.2, 0.25) is 0 Å². The van der Waals surface area contributed by atoms with E-state index in [0.29, 0.717) is 53.6 Å². The molecule has 0 atom stereocenters. The van der Waals surface area contributed by atoms with E-state index in [1.54, 1.807) is 31.2 Å². The second kappa shape index (κ2) is 8.22. The first-order valence-electron chi connectivity index (χ1n) is 9.68. The first-order chi connectivity index (χ1) is 15.8. The van der Waals surface area contributed by atoms with Crippen LogP contribution in [-0.2, 0) is 0 Å². The highest BCUT2D eigenvalue weighted by Gasteiger charge is 2.25. The van der Waals surface area contributed by atoms with Gasteiger partial charge in [-0.15, -0.1) is 11.3 Å². The summed E-state index contributed by atoms with van der Waals surface area (Å²) in [6, 6.07) is 11.0. The van der Waals surface area contributed by atoms with Crippen molar-refractivity contribution < 1.29 is 15.0 Å². The first-order valence-corrected chi connectivity index (χ1v) is 11.9. The number of hydrogen-bond acceptors (Lipinski definition) is 8. The minimum atomic E-state index is -0.412. The largest absolute Gasteiger partial charge is 0.508 e. The number of phenols is 2. The predicted octanol–water partition coefficient (Wildman–Crippen LogP) is 4.44. The van der Waals surface area contributed by atoms with Gasteiger partial charge in [-0.25, -0.2) is 4.98 Å². The SMILES string of the molecule is Cc1c(C(=O)Nc2ccccc2Cl)sc2nc3n(c(=O)c12)N=C(c1cc(O)ccc1O)CS3. The fourth-order valence-corrected chi connectivity index (χ4v) is 5.65. The van der Waals surface area contributed by atoms with Gasteiger partial charge < -0.3 is 15.5 Å². The maximum absolute atomic E-state index is 13.3. The van der Waals surface area contributed by atoms with Gasteiger partial charge in [-0.3, -0.25) is 9.59 Å². The lowest BCUT2D eigenvalue weighted by molar-refractivity contribution is 0.103. The number of aryl methyl sites for hydroxylation is 1. The van der Waals surface area contributed by atoms with E-state index in [0.717, 1.165) is 11.3 Å². The van der Waals surface area contributed by atoms with Crippen molar-refractivity contribution in [3.05, 3.63) is 73.8 Å². The maximum atomic E-state index is 13.3. The number of anilines is 1. The minimum Gasteiger partial charge on any atom is -0.508 e. The number of aromatic hydroxyl groups is 2. The standard InChI is InChI=1S/C22H15ClN4O4S2/c1-10-17-20(33-18(10)19(30)24-14-5-3-2-4-13(14)23)25-22-27(21(17)31)26-15(9-32-22)12-8-11(28)6-7-16(12)29/h2-8,28-29H,9H2,1H3,(H,24,30). The molecule has 0 saturated carbocycles. The summed E-state index contributed by atoms with van der Waals surface area (Å²) in [6.45, 7) is 1.69. The Bertz CT molecular complexity index is 1540. The zero-order valence-electron chi connectivity index (χ0n) is 17.0. The average molecular weight is 499 g/mol. The summed E-state index contributed by atoms with van der Waals surface area (Å²) in [4.78, 5) is 31.6. The summed E-state index contributed by atoms with van der Waals surface area (Å²) in [7, 11) is 0. The number of carbonyl (C=O) groups is 1. The predicted molar refractivity (Wildman–Crippen MR) is 130 cm³/mol. The minimum absolute atomic E-state index is 0.0231. The number of benzene rings is 2. The number of phenolic OH excluding ortho intramolecular Hbond substituents is 2. The van der Waals surface area contributed by atoms with Crippen molar-refractivity contribution in [3.63, 3.8) is 0 Å². The van der Waals surface area contributed by atoms with Crippen molar-refractivity contribution in [1.29, 1.82) is 0 Å². The molecule has 8 nitrogen and oxygen atoms in total. The van der Waals surface area contributed by atoms with Crippen LogP contribution in [0, 0.1) is 6.92 Å². The average Bonchev–Trinajstić information content (AvgIpc) is 3.13. The highest BCUT2D eigenvalue weighted by molar-refractivity contribution is 7.99. The fraction of sp³-hybridized carbons (Fsp3) is 0.0909. The normalized spacial score (nSPS) is 13.0. The van der Waals surface area contributed by atoms with Gasteiger partial charge >= 0.3 is 0 Å². The summed E-state index contributed by atoms with van der Waals surface area (Å²) in [5.41, 5.74) is 1.32. The Kier molecular flexibility index (Phi) is 5.35. The van der Waals surface area contributed by atoms with Crippen LogP contribution in [0.3, 0.4) is 0 Å². The van der Waals surface area contributed by atoms with Crippen molar-refractivity contribution in [2.45, 2.75) is 12.1 Å². The zero-order valence-corrected chi connectivity index (χ0v) is 19.4. The van der Waals surface area contributed by atoms with Crippen LogP contribution < -0.4 is 10.9 Å². The van der Waals surface area contributed by atoms with Crippen LogP contribution >= 0.6 is 34.7 Å². The van der Waals surface area contributed by atoms with E-state index < -0.39 is 5.56 Å². The van der Waals surface area contributed by atoms with Gasteiger partial charge in [0.25, 0.3) is 11.5 Å². The molecular weight excluding hydrogens is 484 g/mol. The summed E-state index contributed by atoms with van der Waals surface area (Å²) < 4.78 is 1.17. The molecule has 2 aromatic heterocycles. The molecule has 0 radical (unpaired) electrons. The number of nitrogens with one attached hydrogen (secondary N) is 1. The Morgan fingerprint density at radius 2 is 2.00 bits per heavy atom. The van der Waals surface area contributed by atoms with Crippen molar-refractivity contribution in [2.75, 3.05) is 11.1 Å². The van der Waals surface area contributed by atoms with Crippen molar-refractivity contribution in [2.24, 2.45) is 5.10 Å². The second-order valence-corrected chi connectivity index (χ2v) is 9.57. The molecule has 1 aliphatic heterocycles. The number of para-hydroxylation sites is 1. The maximum Gasteiger partial charge on any atom is 0.283 e. The number of fused-ring (bicyclic) bond motifs is 2. The van der Waals surface area contributed by atoms with E-state index in [1.165, 1.54) is 34.6 Å². The molecule has 33 heavy (non-hydrogen) atoms. The number of amides is 1. The van der Waals surface area contributed by atoms with Crippen molar-refractivity contribution in [3.8, 4) is 11.5 Å². The Hall–Kier alpha value is -3.34. The second-order valence-electron chi connectivity index (χ2n) is 7.22. The number of hydrogen-bond donors (Lipinski definition) is 3. The third kappa shape index (κ3) is 3.75. The summed E-state index contributed by atoms with van der Waals surface area (Å²) in [6.07, 6.45) is 0. The van der Waals surface area contributed by atoms with Crippen LogP contribution in [0.15, 0.2) is 57.5 Å². The Morgan fingerprint density at radius 3 is 2.79 bits per heavy atom. The molecule has 3 N–H and O–H groups in total. The van der Waals surface area contributed by atoms with Crippen molar-refractivity contribution >= 4 is 62.2 Å². The lowest BCUT2D eigenvalue weighted by Gasteiger charge is -2.16. The zero-order chi connectivity index (χ0) is 23.3. The van der Waals surface area contributed by atoms with E-state index in [-0.39, 0.29) is 17.4 Å². The quantitative estimate of drug-likeness (QED) is 0.284. The van der Waals surface area contributed by atoms with Gasteiger partial charge in [0.15, 0.2) is 5.16 Å². The van der Waals surface area contributed by atoms with E-state index in [1.807, 2.05) is 0 Å². The molecular formula is C22H15ClN4O4S2. The number of halogens is 1. The van der Waals surface area contributed by atoms with Gasteiger partial charge in [-0.2, -0.15) is 9.78 Å². The lowest BCUT2D eigenvalue weighted by atomic mass is 10.1. The Balaban J connectivity index is 1.59. The van der Waals surface area contributed by atoms with Crippen LogP contribution in [-0.4, -0.2) is 37.2 Å². The highest BCUT2D eigenvalue weighted by atomic mass is 35.5. The Morgan fingerprint density at radius 1 is 1.21 bits per heavy atom. The number of thioether (sulfide) groups is 1. The first kappa shape index (κ1) is 21.5.